The Morgan fingerprint density at radius 1 is 1.12 bits per heavy atom. The van der Waals surface area contributed by atoms with Crippen LogP contribution in [0, 0.1) is 17.4 Å². The highest BCUT2D eigenvalue weighted by Gasteiger charge is 2.06. The molecule has 0 aliphatic heterocycles. The Balaban J connectivity index is 2.52. The SMILES string of the molecule is CNc1nc(-c2cc(C)cc(C)c2)ncc1I. The summed E-state index contributed by atoms with van der Waals surface area (Å²) in [4.78, 5) is 8.89. The fourth-order valence-corrected chi connectivity index (χ4v) is 2.31. The van der Waals surface area contributed by atoms with Gasteiger partial charge in [0.2, 0.25) is 0 Å². The number of halogens is 1. The minimum atomic E-state index is 0.765. The van der Waals surface area contributed by atoms with Crippen LogP contribution in [0.2, 0.25) is 0 Å². The van der Waals surface area contributed by atoms with Crippen LogP contribution in [0.15, 0.2) is 24.4 Å². The van der Waals surface area contributed by atoms with Crippen molar-refractivity contribution in [2.24, 2.45) is 0 Å². The van der Waals surface area contributed by atoms with Gasteiger partial charge in [0.1, 0.15) is 5.82 Å². The first-order chi connectivity index (χ1) is 8.10. The molecule has 0 radical (unpaired) electrons. The molecule has 0 amide bonds. The van der Waals surface area contributed by atoms with E-state index in [0.29, 0.717) is 0 Å². The van der Waals surface area contributed by atoms with E-state index in [0.717, 1.165) is 20.8 Å². The molecule has 88 valence electrons. The van der Waals surface area contributed by atoms with Crippen LogP contribution in [-0.4, -0.2) is 17.0 Å². The van der Waals surface area contributed by atoms with Gasteiger partial charge in [0.15, 0.2) is 5.82 Å². The molecule has 1 aromatic carbocycles. The van der Waals surface area contributed by atoms with Gasteiger partial charge in [0.05, 0.1) is 3.57 Å². The average Bonchev–Trinajstić information content (AvgIpc) is 2.28. The summed E-state index contributed by atoms with van der Waals surface area (Å²) < 4.78 is 1.03. The van der Waals surface area contributed by atoms with Crippen LogP contribution in [0.3, 0.4) is 0 Å². The zero-order valence-electron chi connectivity index (χ0n) is 10.1. The smallest absolute Gasteiger partial charge is 0.161 e. The van der Waals surface area contributed by atoms with Gasteiger partial charge in [-0.3, -0.25) is 0 Å². The molecule has 0 saturated heterocycles. The molecule has 0 unspecified atom stereocenters. The second-order valence-corrected chi connectivity index (χ2v) is 5.18. The molecule has 1 heterocycles. The van der Waals surface area contributed by atoms with Crippen LogP contribution < -0.4 is 5.32 Å². The molecular formula is C13H14IN3. The number of anilines is 1. The summed E-state index contributed by atoms with van der Waals surface area (Å²) in [5, 5.41) is 3.08. The van der Waals surface area contributed by atoms with Gasteiger partial charge >= 0.3 is 0 Å². The van der Waals surface area contributed by atoms with Crippen molar-refractivity contribution < 1.29 is 0 Å². The molecule has 4 heteroatoms. The van der Waals surface area contributed by atoms with Crippen molar-refractivity contribution in [3.05, 3.63) is 39.1 Å². The van der Waals surface area contributed by atoms with Gasteiger partial charge in [-0.15, -0.1) is 0 Å². The summed E-state index contributed by atoms with van der Waals surface area (Å²) in [6, 6.07) is 6.36. The van der Waals surface area contributed by atoms with Crippen molar-refractivity contribution in [2.75, 3.05) is 12.4 Å². The molecule has 2 rings (SSSR count). The maximum Gasteiger partial charge on any atom is 0.161 e. The Labute approximate surface area is 115 Å². The minimum absolute atomic E-state index is 0.765. The van der Waals surface area contributed by atoms with Gasteiger partial charge in [-0.05, 0) is 48.6 Å². The normalized spacial score (nSPS) is 10.4. The molecule has 17 heavy (non-hydrogen) atoms. The standard InChI is InChI=1S/C13H14IN3/c1-8-4-9(2)6-10(5-8)12-16-7-11(14)13(15-3)17-12/h4-7H,1-3H3,(H,15,16,17). The molecule has 0 fully saturated rings. The maximum absolute atomic E-state index is 4.51. The molecule has 2 aromatic rings. The average molecular weight is 339 g/mol. The second kappa shape index (κ2) is 5.00. The summed E-state index contributed by atoms with van der Waals surface area (Å²) in [5.74, 6) is 1.64. The lowest BCUT2D eigenvalue weighted by Gasteiger charge is -2.07. The van der Waals surface area contributed by atoms with Crippen LogP contribution in [-0.2, 0) is 0 Å². The number of nitrogens with zero attached hydrogens (tertiary/aromatic N) is 2. The number of hydrogen-bond donors (Lipinski definition) is 1. The predicted molar refractivity (Wildman–Crippen MR) is 79.2 cm³/mol. The predicted octanol–water partition coefficient (Wildman–Crippen LogP) is 3.41. The lowest BCUT2D eigenvalue weighted by Crippen LogP contribution is -1.99. The molecular weight excluding hydrogens is 325 g/mol. The van der Waals surface area contributed by atoms with Gasteiger partial charge < -0.3 is 5.32 Å². The molecule has 1 N–H and O–H groups in total. The van der Waals surface area contributed by atoms with E-state index in [4.69, 9.17) is 0 Å². The van der Waals surface area contributed by atoms with E-state index in [1.54, 1.807) is 0 Å². The highest BCUT2D eigenvalue weighted by atomic mass is 127. The number of benzene rings is 1. The van der Waals surface area contributed by atoms with E-state index < -0.39 is 0 Å². The molecule has 0 aliphatic carbocycles. The van der Waals surface area contributed by atoms with E-state index in [1.165, 1.54) is 11.1 Å². The van der Waals surface area contributed by atoms with E-state index in [1.807, 2.05) is 13.2 Å². The Hall–Kier alpha value is -1.17. The van der Waals surface area contributed by atoms with Crippen molar-refractivity contribution >= 4 is 28.4 Å². The third-order valence-electron chi connectivity index (χ3n) is 2.46. The number of aryl methyl sites for hydroxylation is 2. The van der Waals surface area contributed by atoms with Gasteiger partial charge in [-0.1, -0.05) is 17.2 Å². The third-order valence-corrected chi connectivity index (χ3v) is 3.25. The van der Waals surface area contributed by atoms with Crippen molar-refractivity contribution in [2.45, 2.75) is 13.8 Å². The summed E-state index contributed by atoms with van der Waals surface area (Å²) in [7, 11) is 1.87. The molecule has 3 nitrogen and oxygen atoms in total. The fraction of sp³-hybridized carbons (Fsp3) is 0.231. The van der Waals surface area contributed by atoms with Gasteiger partial charge in [-0.25, -0.2) is 9.97 Å². The molecule has 0 atom stereocenters. The van der Waals surface area contributed by atoms with E-state index in [9.17, 15) is 0 Å². The summed E-state index contributed by atoms with van der Waals surface area (Å²) >= 11 is 2.22. The van der Waals surface area contributed by atoms with Crippen molar-refractivity contribution in [3.63, 3.8) is 0 Å². The first-order valence-electron chi connectivity index (χ1n) is 5.39. The zero-order chi connectivity index (χ0) is 12.4. The zero-order valence-corrected chi connectivity index (χ0v) is 12.2. The Kier molecular flexibility index (Phi) is 3.61. The Morgan fingerprint density at radius 2 is 1.76 bits per heavy atom. The molecule has 1 aromatic heterocycles. The molecule has 0 saturated carbocycles. The number of aromatic nitrogens is 2. The maximum atomic E-state index is 4.51. The topological polar surface area (TPSA) is 37.8 Å². The van der Waals surface area contributed by atoms with E-state index >= 15 is 0 Å². The quantitative estimate of drug-likeness (QED) is 0.852. The van der Waals surface area contributed by atoms with Crippen molar-refractivity contribution in [1.82, 2.24) is 9.97 Å². The van der Waals surface area contributed by atoms with Gasteiger partial charge in [-0.2, -0.15) is 0 Å². The van der Waals surface area contributed by atoms with E-state index in [-0.39, 0.29) is 0 Å². The molecule has 0 bridgehead atoms. The second-order valence-electron chi connectivity index (χ2n) is 4.02. The largest absolute Gasteiger partial charge is 0.372 e. The van der Waals surface area contributed by atoms with Crippen molar-refractivity contribution in [1.29, 1.82) is 0 Å². The molecule has 0 spiro atoms. The number of nitrogens with one attached hydrogen (secondary N) is 1. The highest BCUT2D eigenvalue weighted by molar-refractivity contribution is 14.1. The van der Waals surface area contributed by atoms with Crippen LogP contribution in [0.5, 0.6) is 0 Å². The minimum Gasteiger partial charge on any atom is -0.372 e. The summed E-state index contributed by atoms with van der Waals surface area (Å²) in [6.07, 6.45) is 1.84. The van der Waals surface area contributed by atoms with Crippen LogP contribution in [0.25, 0.3) is 11.4 Å². The summed E-state index contributed by atoms with van der Waals surface area (Å²) in [6.45, 7) is 4.17. The number of rotatable bonds is 2. The fourth-order valence-electron chi connectivity index (χ4n) is 1.79. The Morgan fingerprint density at radius 3 is 2.35 bits per heavy atom. The van der Waals surface area contributed by atoms with Crippen LogP contribution >= 0.6 is 22.6 Å². The van der Waals surface area contributed by atoms with Crippen LogP contribution in [0.4, 0.5) is 5.82 Å². The van der Waals surface area contributed by atoms with Gasteiger partial charge in [0, 0.05) is 18.8 Å². The monoisotopic (exact) mass is 339 g/mol. The van der Waals surface area contributed by atoms with Gasteiger partial charge in [0.25, 0.3) is 0 Å². The molecule has 0 aliphatic rings. The lowest BCUT2D eigenvalue weighted by atomic mass is 10.1. The lowest BCUT2D eigenvalue weighted by molar-refractivity contribution is 1.15. The summed E-state index contributed by atoms with van der Waals surface area (Å²) in [5.41, 5.74) is 3.52. The van der Waals surface area contributed by atoms with Crippen LogP contribution in [0.1, 0.15) is 11.1 Å². The first-order valence-corrected chi connectivity index (χ1v) is 6.47. The first kappa shape index (κ1) is 12.3. The highest BCUT2D eigenvalue weighted by Crippen LogP contribution is 2.22. The third kappa shape index (κ3) is 2.74. The Bertz CT molecular complexity index is 532. The van der Waals surface area contributed by atoms with Crippen molar-refractivity contribution in [3.8, 4) is 11.4 Å². The van der Waals surface area contributed by atoms with E-state index in [2.05, 4.69) is 69.9 Å². The number of hydrogen-bond acceptors (Lipinski definition) is 3.